The molecule has 0 spiro atoms. The first-order valence-corrected chi connectivity index (χ1v) is 6.46. The highest BCUT2D eigenvalue weighted by Crippen LogP contribution is 2.24. The zero-order valence-corrected chi connectivity index (χ0v) is 11.3. The molecule has 0 fully saturated rings. The summed E-state index contributed by atoms with van der Waals surface area (Å²) in [6.07, 6.45) is 0. The van der Waals surface area contributed by atoms with Gasteiger partial charge in [-0.3, -0.25) is 0 Å². The van der Waals surface area contributed by atoms with Crippen LogP contribution >= 0.6 is 0 Å². The van der Waals surface area contributed by atoms with Crippen LogP contribution in [0, 0.1) is 6.92 Å². The van der Waals surface area contributed by atoms with Gasteiger partial charge in [-0.25, -0.2) is 0 Å². The summed E-state index contributed by atoms with van der Waals surface area (Å²) < 4.78 is 7.76. The molecule has 1 aromatic heterocycles. The topological polar surface area (TPSA) is 14.2 Å². The maximum absolute atomic E-state index is 5.43. The molecule has 1 heterocycles. The second kappa shape index (κ2) is 4.81. The molecule has 0 radical (unpaired) electrons. The fourth-order valence-electron chi connectivity index (χ4n) is 2.56. The van der Waals surface area contributed by atoms with Crippen molar-refractivity contribution in [1.29, 1.82) is 0 Å². The van der Waals surface area contributed by atoms with Gasteiger partial charge in [0.2, 0.25) is 0 Å². The van der Waals surface area contributed by atoms with Crippen LogP contribution in [0.15, 0.2) is 54.6 Å². The van der Waals surface area contributed by atoms with Crippen molar-refractivity contribution < 1.29 is 4.74 Å². The van der Waals surface area contributed by atoms with E-state index in [1.54, 1.807) is 7.11 Å². The number of benzene rings is 2. The van der Waals surface area contributed by atoms with Gasteiger partial charge >= 0.3 is 0 Å². The van der Waals surface area contributed by atoms with Gasteiger partial charge in [0, 0.05) is 16.8 Å². The van der Waals surface area contributed by atoms with Crippen LogP contribution in [-0.4, -0.2) is 11.7 Å². The van der Waals surface area contributed by atoms with E-state index < -0.39 is 0 Å². The number of hydrogen-bond donors (Lipinski definition) is 0. The first-order valence-electron chi connectivity index (χ1n) is 6.46. The van der Waals surface area contributed by atoms with Crippen LogP contribution < -0.4 is 4.74 Å². The van der Waals surface area contributed by atoms with Crippen LogP contribution in [0.1, 0.15) is 11.3 Å². The van der Waals surface area contributed by atoms with Gasteiger partial charge in [0.05, 0.1) is 13.7 Å². The number of ether oxygens (including phenoxy) is 1. The molecule has 2 heteroatoms. The summed E-state index contributed by atoms with van der Waals surface area (Å²) in [5.41, 5.74) is 3.74. The zero-order valence-electron chi connectivity index (χ0n) is 11.3. The molecule has 0 aliphatic carbocycles. The Morgan fingerprint density at radius 2 is 1.74 bits per heavy atom. The normalized spacial score (nSPS) is 10.8. The SMILES string of the molecule is COc1ccccc1Cn1c(C)cc2ccccc21. The maximum atomic E-state index is 5.43. The molecule has 0 N–H and O–H groups in total. The molecule has 0 unspecified atom stereocenters. The molecule has 0 bridgehead atoms. The van der Waals surface area contributed by atoms with Crippen molar-refractivity contribution in [1.82, 2.24) is 4.57 Å². The predicted molar refractivity (Wildman–Crippen MR) is 78.8 cm³/mol. The zero-order chi connectivity index (χ0) is 13.2. The van der Waals surface area contributed by atoms with Gasteiger partial charge in [-0.2, -0.15) is 0 Å². The van der Waals surface area contributed by atoms with Crippen molar-refractivity contribution in [3.05, 3.63) is 65.9 Å². The van der Waals surface area contributed by atoms with Crippen molar-refractivity contribution in [2.24, 2.45) is 0 Å². The predicted octanol–water partition coefficient (Wildman–Crippen LogP) is 4.01. The molecule has 0 saturated heterocycles. The molecule has 0 aliphatic heterocycles. The number of aryl methyl sites for hydroxylation is 1. The van der Waals surface area contributed by atoms with E-state index in [9.17, 15) is 0 Å². The summed E-state index contributed by atoms with van der Waals surface area (Å²) in [5.74, 6) is 0.944. The number of aromatic nitrogens is 1. The van der Waals surface area contributed by atoms with E-state index in [0.29, 0.717) is 0 Å². The number of hydrogen-bond acceptors (Lipinski definition) is 1. The Bertz CT molecular complexity index is 712. The van der Waals surface area contributed by atoms with Crippen molar-refractivity contribution in [3.63, 3.8) is 0 Å². The molecular weight excluding hydrogens is 234 g/mol. The van der Waals surface area contributed by atoms with Crippen molar-refractivity contribution in [2.45, 2.75) is 13.5 Å². The molecule has 0 aliphatic rings. The Balaban J connectivity index is 2.08. The van der Waals surface area contributed by atoms with Crippen LogP contribution in [0.2, 0.25) is 0 Å². The third kappa shape index (κ3) is 2.10. The minimum atomic E-state index is 0.837. The monoisotopic (exact) mass is 251 g/mol. The Kier molecular flexibility index (Phi) is 3.00. The molecule has 96 valence electrons. The van der Waals surface area contributed by atoms with Crippen molar-refractivity contribution >= 4 is 10.9 Å². The van der Waals surface area contributed by atoms with Crippen molar-refractivity contribution in [3.8, 4) is 5.75 Å². The number of rotatable bonds is 3. The smallest absolute Gasteiger partial charge is 0.123 e. The summed E-state index contributed by atoms with van der Waals surface area (Å²) in [5, 5.41) is 1.29. The highest BCUT2D eigenvalue weighted by Gasteiger charge is 2.08. The summed E-state index contributed by atoms with van der Waals surface area (Å²) in [4.78, 5) is 0. The van der Waals surface area contributed by atoms with Gasteiger partial charge in [-0.1, -0.05) is 36.4 Å². The lowest BCUT2D eigenvalue weighted by atomic mass is 10.2. The third-order valence-electron chi connectivity index (χ3n) is 3.54. The van der Waals surface area contributed by atoms with E-state index in [1.165, 1.54) is 22.2 Å². The van der Waals surface area contributed by atoms with E-state index in [1.807, 2.05) is 12.1 Å². The van der Waals surface area contributed by atoms with Gasteiger partial charge in [0.15, 0.2) is 0 Å². The number of fused-ring (bicyclic) bond motifs is 1. The minimum absolute atomic E-state index is 0.837. The Morgan fingerprint density at radius 1 is 1.00 bits per heavy atom. The Hall–Kier alpha value is -2.22. The molecule has 2 aromatic carbocycles. The standard InChI is InChI=1S/C17H17NO/c1-13-11-14-7-3-5-9-16(14)18(13)12-15-8-4-6-10-17(15)19-2/h3-11H,12H2,1-2H3. The minimum Gasteiger partial charge on any atom is -0.496 e. The number of nitrogens with zero attached hydrogens (tertiary/aromatic N) is 1. The average Bonchev–Trinajstić information content (AvgIpc) is 2.76. The lowest BCUT2D eigenvalue weighted by molar-refractivity contribution is 0.408. The lowest BCUT2D eigenvalue weighted by Crippen LogP contribution is -2.03. The van der Waals surface area contributed by atoms with Gasteiger partial charge < -0.3 is 9.30 Å². The quantitative estimate of drug-likeness (QED) is 0.686. The van der Waals surface area contributed by atoms with Crippen LogP contribution in [0.25, 0.3) is 10.9 Å². The van der Waals surface area contributed by atoms with Crippen LogP contribution in [0.4, 0.5) is 0 Å². The fraction of sp³-hybridized carbons (Fsp3) is 0.176. The molecule has 0 atom stereocenters. The largest absolute Gasteiger partial charge is 0.496 e. The van der Waals surface area contributed by atoms with Gasteiger partial charge in [0.1, 0.15) is 5.75 Å². The van der Waals surface area contributed by atoms with E-state index in [2.05, 4.69) is 54.0 Å². The molecule has 3 rings (SSSR count). The Morgan fingerprint density at radius 3 is 2.58 bits per heavy atom. The van der Waals surface area contributed by atoms with Crippen LogP contribution in [0.5, 0.6) is 5.75 Å². The second-order valence-corrected chi connectivity index (χ2v) is 4.74. The molecular formula is C17H17NO. The summed E-state index contributed by atoms with van der Waals surface area (Å²) in [6.45, 7) is 2.98. The van der Waals surface area contributed by atoms with Gasteiger partial charge in [-0.05, 0) is 30.5 Å². The highest BCUT2D eigenvalue weighted by atomic mass is 16.5. The summed E-state index contributed by atoms with van der Waals surface area (Å²) >= 11 is 0. The molecule has 0 amide bonds. The molecule has 2 nitrogen and oxygen atoms in total. The van der Waals surface area contributed by atoms with Crippen LogP contribution in [-0.2, 0) is 6.54 Å². The summed E-state index contributed by atoms with van der Waals surface area (Å²) in [7, 11) is 1.72. The first-order chi connectivity index (χ1) is 9.29. The average molecular weight is 251 g/mol. The summed E-state index contributed by atoms with van der Waals surface area (Å²) in [6, 6.07) is 18.9. The number of methoxy groups -OCH3 is 1. The fourth-order valence-corrected chi connectivity index (χ4v) is 2.56. The van der Waals surface area contributed by atoms with Crippen molar-refractivity contribution in [2.75, 3.05) is 7.11 Å². The number of para-hydroxylation sites is 2. The lowest BCUT2D eigenvalue weighted by Gasteiger charge is -2.12. The molecule has 0 saturated carbocycles. The van der Waals surface area contributed by atoms with Gasteiger partial charge in [0.25, 0.3) is 0 Å². The first kappa shape index (κ1) is 11.8. The highest BCUT2D eigenvalue weighted by molar-refractivity contribution is 5.81. The second-order valence-electron chi connectivity index (χ2n) is 4.74. The Labute approximate surface area is 113 Å². The van der Waals surface area contributed by atoms with E-state index in [-0.39, 0.29) is 0 Å². The van der Waals surface area contributed by atoms with E-state index in [0.717, 1.165) is 12.3 Å². The van der Waals surface area contributed by atoms with Gasteiger partial charge in [-0.15, -0.1) is 0 Å². The van der Waals surface area contributed by atoms with Crippen LogP contribution in [0.3, 0.4) is 0 Å². The van der Waals surface area contributed by atoms with E-state index in [4.69, 9.17) is 4.74 Å². The van der Waals surface area contributed by atoms with E-state index >= 15 is 0 Å². The third-order valence-corrected chi connectivity index (χ3v) is 3.54. The molecule has 3 aromatic rings. The maximum Gasteiger partial charge on any atom is 0.123 e. The molecule has 19 heavy (non-hydrogen) atoms.